The molecule has 0 saturated heterocycles. The number of hydrogen-bond donors (Lipinski definition) is 1. The SMILES string of the molecule is Cn1cc(CC(=O)NC2CC2)c2ccccc21. The van der Waals surface area contributed by atoms with Crippen LogP contribution in [-0.2, 0) is 18.3 Å². The molecule has 0 spiro atoms. The van der Waals surface area contributed by atoms with Gasteiger partial charge >= 0.3 is 0 Å². The molecule has 0 radical (unpaired) electrons. The van der Waals surface area contributed by atoms with Gasteiger partial charge in [0.15, 0.2) is 0 Å². The zero-order valence-corrected chi connectivity index (χ0v) is 9.94. The van der Waals surface area contributed by atoms with Gasteiger partial charge in [0.25, 0.3) is 0 Å². The summed E-state index contributed by atoms with van der Waals surface area (Å²) < 4.78 is 2.08. The smallest absolute Gasteiger partial charge is 0.224 e. The van der Waals surface area contributed by atoms with Crippen molar-refractivity contribution in [2.75, 3.05) is 0 Å². The maximum absolute atomic E-state index is 11.8. The summed E-state index contributed by atoms with van der Waals surface area (Å²) in [5.41, 5.74) is 2.29. The first-order valence-corrected chi connectivity index (χ1v) is 6.06. The highest BCUT2D eigenvalue weighted by Crippen LogP contribution is 2.22. The highest BCUT2D eigenvalue weighted by molar-refractivity contribution is 5.89. The van der Waals surface area contributed by atoms with Crippen molar-refractivity contribution in [1.29, 1.82) is 0 Å². The minimum Gasteiger partial charge on any atom is -0.353 e. The summed E-state index contributed by atoms with van der Waals surface area (Å²) in [6.45, 7) is 0. The van der Waals surface area contributed by atoms with E-state index in [2.05, 4.69) is 28.2 Å². The Balaban J connectivity index is 1.86. The van der Waals surface area contributed by atoms with Crippen molar-refractivity contribution in [3.63, 3.8) is 0 Å². The molecule has 17 heavy (non-hydrogen) atoms. The molecule has 0 aliphatic heterocycles. The number of nitrogens with one attached hydrogen (secondary N) is 1. The van der Waals surface area contributed by atoms with Crippen molar-refractivity contribution < 1.29 is 4.79 Å². The lowest BCUT2D eigenvalue weighted by Crippen LogP contribution is -2.26. The van der Waals surface area contributed by atoms with Crippen molar-refractivity contribution in [2.45, 2.75) is 25.3 Å². The maximum atomic E-state index is 11.8. The van der Waals surface area contributed by atoms with Gasteiger partial charge in [-0.05, 0) is 24.5 Å². The van der Waals surface area contributed by atoms with Gasteiger partial charge in [0, 0.05) is 30.2 Å². The van der Waals surface area contributed by atoms with E-state index >= 15 is 0 Å². The molecule has 3 heteroatoms. The molecule has 3 nitrogen and oxygen atoms in total. The number of para-hydroxylation sites is 1. The van der Waals surface area contributed by atoms with E-state index < -0.39 is 0 Å². The van der Waals surface area contributed by atoms with E-state index in [1.807, 2.05) is 19.2 Å². The Hall–Kier alpha value is -1.77. The number of carbonyl (C=O) groups excluding carboxylic acids is 1. The molecule has 1 N–H and O–H groups in total. The van der Waals surface area contributed by atoms with Crippen LogP contribution in [0, 0.1) is 0 Å². The van der Waals surface area contributed by atoms with E-state index in [0.29, 0.717) is 12.5 Å². The molecule has 0 bridgehead atoms. The molecule has 1 aromatic carbocycles. The molecule has 1 amide bonds. The normalized spacial score (nSPS) is 15.1. The second-order valence-corrected chi connectivity index (χ2v) is 4.80. The Labute approximate surface area is 100 Å². The number of aryl methyl sites for hydroxylation is 1. The molecule has 0 atom stereocenters. The zero-order valence-electron chi connectivity index (χ0n) is 9.94. The summed E-state index contributed by atoms with van der Waals surface area (Å²) in [6.07, 6.45) is 4.82. The number of benzene rings is 1. The fraction of sp³-hybridized carbons (Fsp3) is 0.357. The number of rotatable bonds is 3. The number of amides is 1. The largest absolute Gasteiger partial charge is 0.353 e. The minimum absolute atomic E-state index is 0.142. The van der Waals surface area contributed by atoms with E-state index in [4.69, 9.17) is 0 Å². The fourth-order valence-electron chi connectivity index (χ4n) is 2.25. The number of fused-ring (bicyclic) bond motifs is 1. The average molecular weight is 228 g/mol. The number of carbonyl (C=O) groups is 1. The van der Waals surface area contributed by atoms with Gasteiger partial charge in [0.2, 0.25) is 5.91 Å². The highest BCUT2D eigenvalue weighted by Gasteiger charge is 2.23. The summed E-state index contributed by atoms with van der Waals surface area (Å²) in [7, 11) is 2.02. The zero-order chi connectivity index (χ0) is 11.8. The standard InChI is InChI=1S/C14H16N2O/c1-16-9-10(8-14(17)15-11-6-7-11)12-4-2-3-5-13(12)16/h2-5,9,11H,6-8H2,1H3,(H,15,17). The van der Waals surface area contributed by atoms with E-state index in [9.17, 15) is 4.79 Å². The van der Waals surface area contributed by atoms with Crippen LogP contribution in [0.3, 0.4) is 0 Å². The second-order valence-electron chi connectivity index (χ2n) is 4.80. The van der Waals surface area contributed by atoms with Gasteiger partial charge in [0.05, 0.1) is 6.42 Å². The Bertz CT molecular complexity index is 567. The lowest BCUT2D eigenvalue weighted by molar-refractivity contribution is -0.120. The monoisotopic (exact) mass is 228 g/mol. The Kier molecular flexibility index (Phi) is 2.39. The third-order valence-electron chi connectivity index (χ3n) is 3.27. The lowest BCUT2D eigenvalue weighted by Gasteiger charge is -2.01. The van der Waals surface area contributed by atoms with Gasteiger partial charge in [-0.2, -0.15) is 0 Å². The second kappa shape index (κ2) is 3.91. The molecule has 1 aliphatic carbocycles. The first kappa shape index (κ1) is 10.4. The molecular formula is C14H16N2O. The highest BCUT2D eigenvalue weighted by atomic mass is 16.1. The van der Waals surface area contributed by atoms with Crippen molar-refractivity contribution in [3.8, 4) is 0 Å². The van der Waals surface area contributed by atoms with E-state index in [1.54, 1.807) is 0 Å². The molecule has 1 fully saturated rings. The van der Waals surface area contributed by atoms with Crippen molar-refractivity contribution in [3.05, 3.63) is 36.0 Å². The maximum Gasteiger partial charge on any atom is 0.224 e. The number of aromatic nitrogens is 1. The van der Waals surface area contributed by atoms with Gasteiger partial charge in [0.1, 0.15) is 0 Å². The first-order valence-electron chi connectivity index (χ1n) is 6.06. The van der Waals surface area contributed by atoms with Crippen molar-refractivity contribution >= 4 is 16.8 Å². The van der Waals surface area contributed by atoms with Gasteiger partial charge < -0.3 is 9.88 Å². The summed E-state index contributed by atoms with van der Waals surface area (Å²) >= 11 is 0. The van der Waals surface area contributed by atoms with Crippen LogP contribution in [0.5, 0.6) is 0 Å². The molecule has 3 rings (SSSR count). The lowest BCUT2D eigenvalue weighted by atomic mass is 10.1. The molecule has 88 valence electrons. The van der Waals surface area contributed by atoms with Crippen molar-refractivity contribution in [2.24, 2.45) is 7.05 Å². The van der Waals surface area contributed by atoms with Crippen LogP contribution in [0.4, 0.5) is 0 Å². The third kappa shape index (κ3) is 2.05. The topological polar surface area (TPSA) is 34.0 Å². The van der Waals surface area contributed by atoms with E-state index in [-0.39, 0.29) is 5.91 Å². The van der Waals surface area contributed by atoms with E-state index in [1.165, 1.54) is 10.9 Å². The average Bonchev–Trinajstić information content (AvgIpc) is 3.06. The van der Waals surface area contributed by atoms with Gasteiger partial charge in [-0.25, -0.2) is 0 Å². The van der Waals surface area contributed by atoms with E-state index in [0.717, 1.165) is 18.4 Å². The van der Waals surface area contributed by atoms with Crippen LogP contribution < -0.4 is 5.32 Å². The molecule has 0 unspecified atom stereocenters. The summed E-state index contributed by atoms with van der Waals surface area (Å²) in [4.78, 5) is 11.8. The van der Waals surface area contributed by atoms with Crippen LogP contribution >= 0.6 is 0 Å². The predicted molar refractivity (Wildman–Crippen MR) is 67.8 cm³/mol. The molecule has 2 aromatic rings. The molecule has 1 heterocycles. The van der Waals surface area contributed by atoms with Crippen LogP contribution in [0.25, 0.3) is 10.9 Å². The quantitative estimate of drug-likeness (QED) is 0.856. The molecule has 1 aromatic heterocycles. The Morgan fingerprint density at radius 1 is 1.41 bits per heavy atom. The van der Waals surface area contributed by atoms with Crippen LogP contribution in [0.15, 0.2) is 30.5 Å². The van der Waals surface area contributed by atoms with Gasteiger partial charge in [-0.1, -0.05) is 18.2 Å². The molecule has 1 aliphatic rings. The Morgan fingerprint density at radius 2 is 2.18 bits per heavy atom. The summed E-state index contributed by atoms with van der Waals surface area (Å²) in [6, 6.07) is 8.64. The van der Waals surface area contributed by atoms with Gasteiger partial charge in [-0.15, -0.1) is 0 Å². The number of hydrogen-bond acceptors (Lipinski definition) is 1. The predicted octanol–water partition coefficient (Wildman–Crippen LogP) is 2.00. The van der Waals surface area contributed by atoms with Crippen LogP contribution in [0.2, 0.25) is 0 Å². The molecular weight excluding hydrogens is 212 g/mol. The summed E-state index contributed by atoms with van der Waals surface area (Å²) in [5, 5.41) is 4.21. The van der Waals surface area contributed by atoms with Crippen LogP contribution in [0.1, 0.15) is 18.4 Å². The Morgan fingerprint density at radius 3 is 2.94 bits per heavy atom. The third-order valence-corrected chi connectivity index (χ3v) is 3.27. The van der Waals surface area contributed by atoms with Crippen molar-refractivity contribution in [1.82, 2.24) is 9.88 Å². The van der Waals surface area contributed by atoms with Gasteiger partial charge in [-0.3, -0.25) is 4.79 Å². The minimum atomic E-state index is 0.142. The first-order chi connectivity index (χ1) is 8.24. The fourth-order valence-corrected chi connectivity index (χ4v) is 2.25. The molecule has 1 saturated carbocycles. The van der Waals surface area contributed by atoms with Crippen LogP contribution in [-0.4, -0.2) is 16.5 Å². The summed E-state index contributed by atoms with van der Waals surface area (Å²) in [5.74, 6) is 0.142. The number of nitrogens with zero attached hydrogens (tertiary/aromatic N) is 1.